The summed E-state index contributed by atoms with van der Waals surface area (Å²) < 4.78 is 5.30. The zero-order valence-electron chi connectivity index (χ0n) is 15.6. The van der Waals surface area contributed by atoms with Crippen molar-refractivity contribution in [3.8, 4) is 5.75 Å². The van der Waals surface area contributed by atoms with Gasteiger partial charge in [-0.1, -0.05) is 42.5 Å². The average Bonchev–Trinajstić information content (AvgIpc) is 3.16. The molecular weight excluding hydrogens is 350 g/mol. The molecule has 0 aliphatic rings. The molecule has 5 nitrogen and oxygen atoms in total. The second-order valence-electron chi connectivity index (χ2n) is 6.51. The number of rotatable bonds is 6. The summed E-state index contributed by atoms with van der Waals surface area (Å²) in [5, 5.41) is 3.01. The maximum atomic E-state index is 12.7. The van der Waals surface area contributed by atoms with Crippen LogP contribution in [0.15, 0.2) is 72.8 Å². The third kappa shape index (κ3) is 3.74. The van der Waals surface area contributed by atoms with Gasteiger partial charge in [-0.25, -0.2) is 4.98 Å². The number of amides is 1. The molecule has 0 saturated carbocycles. The number of imidazole rings is 1. The minimum atomic E-state index is -0.186. The maximum absolute atomic E-state index is 12.7. The normalized spacial score (nSPS) is 10.8. The molecule has 1 heterocycles. The largest absolute Gasteiger partial charge is 0.496 e. The minimum Gasteiger partial charge on any atom is -0.496 e. The second kappa shape index (κ2) is 7.96. The Labute approximate surface area is 163 Å². The number of hydrogen-bond donors (Lipinski definition) is 2. The van der Waals surface area contributed by atoms with Crippen LogP contribution in [-0.2, 0) is 12.8 Å². The number of nitrogens with one attached hydrogen (secondary N) is 2. The van der Waals surface area contributed by atoms with Crippen molar-refractivity contribution in [1.29, 1.82) is 0 Å². The Morgan fingerprint density at radius 3 is 2.57 bits per heavy atom. The van der Waals surface area contributed by atoms with Crippen LogP contribution in [0.4, 0.5) is 5.69 Å². The number of carbonyl (C=O) groups excluding carboxylic acids is 1. The van der Waals surface area contributed by atoms with Crippen LogP contribution in [0.25, 0.3) is 11.0 Å². The Morgan fingerprint density at radius 1 is 0.964 bits per heavy atom. The summed E-state index contributed by atoms with van der Waals surface area (Å²) >= 11 is 0. The third-order valence-electron chi connectivity index (χ3n) is 4.69. The van der Waals surface area contributed by atoms with E-state index in [2.05, 4.69) is 15.3 Å². The summed E-state index contributed by atoms with van der Waals surface area (Å²) in [5.74, 6) is 1.31. The van der Waals surface area contributed by atoms with E-state index < -0.39 is 0 Å². The van der Waals surface area contributed by atoms with E-state index in [-0.39, 0.29) is 5.91 Å². The summed E-state index contributed by atoms with van der Waals surface area (Å²) in [7, 11) is 1.56. The topological polar surface area (TPSA) is 67.0 Å². The number of anilines is 1. The number of para-hydroxylation sites is 4. The van der Waals surface area contributed by atoms with Gasteiger partial charge < -0.3 is 15.0 Å². The lowest BCUT2D eigenvalue weighted by atomic mass is 10.1. The van der Waals surface area contributed by atoms with Crippen molar-refractivity contribution in [2.45, 2.75) is 12.8 Å². The van der Waals surface area contributed by atoms with Crippen molar-refractivity contribution in [2.75, 3.05) is 12.4 Å². The molecule has 2 N–H and O–H groups in total. The fraction of sp³-hybridized carbons (Fsp3) is 0.130. The highest BCUT2D eigenvalue weighted by Gasteiger charge is 2.13. The predicted molar refractivity (Wildman–Crippen MR) is 111 cm³/mol. The molecule has 0 bridgehead atoms. The molecule has 140 valence electrons. The van der Waals surface area contributed by atoms with Gasteiger partial charge in [-0.3, -0.25) is 4.79 Å². The van der Waals surface area contributed by atoms with Gasteiger partial charge in [-0.2, -0.15) is 0 Å². The fourth-order valence-electron chi connectivity index (χ4n) is 3.26. The van der Waals surface area contributed by atoms with E-state index in [1.807, 2.05) is 60.7 Å². The quantitative estimate of drug-likeness (QED) is 0.520. The van der Waals surface area contributed by atoms with E-state index in [4.69, 9.17) is 4.74 Å². The van der Waals surface area contributed by atoms with Crippen molar-refractivity contribution in [3.05, 3.63) is 89.7 Å². The summed E-state index contributed by atoms with van der Waals surface area (Å²) in [6.45, 7) is 0. The van der Waals surface area contributed by atoms with Gasteiger partial charge in [0.15, 0.2) is 0 Å². The molecule has 1 aromatic heterocycles. The zero-order valence-corrected chi connectivity index (χ0v) is 15.6. The number of hydrogen-bond acceptors (Lipinski definition) is 3. The van der Waals surface area contributed by atoms with Crippen molar-refractivity contribution in [2.24, 2.45) is 0 Å². The van der Waals surface area contributed by atoms with Gasteiger partial charge >= 0.3 is 0 Å². The van der Waals surface area contributed by atoms with Crippen molar-refractivity contribution >= 4 is 22.6 Å². The number of nitrogens with zero attached hydrogens (tertiary/aromatic N) is 1. The van der Waals surface area contributed by atoms with E-state index in [0.717, 1.165) is 41.0 Å². The number of aromatic amines is 1. The lowest BCUT2D eigenvalue weighted by Gasteiger charge is -2.12. The Kier molecular flexibility index (Phi) is 5.06. The number of aromatic nitrogens is 2. The Bertz CT molecular complexity index is 1080. The molecule has 3 aromatic carbocycles. The molecule has 0 unspecified atom stereocenters. The highest BCUT2D eigenvalue weighted by atomic mass is 16.5. The maximum Gasteiger partial charge on any atom is 0.259 e. The molecule has 28 heavy (non-hydrogen) atoms. The molecule has 1 amide bonds. The molecular formula is C23H21N3O2. The van der Waals surface area contributed by atoms with Crippen LogP contribution in [0, 0.1) is 0 Å². The summed E-state index contributed by atoms with van der Waals surface area (Å²) in [6.07, 6.45) is 1.53. The number of methoxy groups -OCH3 is 1. The van der Waals surface area contributed by atoms with E-state index in [1.165, 1.54) is 0 Å². The minimum absolute atomic E-state index is 0.186. The van der Waals surface area contributed by atoms with Crippen LogP contribution in [0.3, 0.4) is 0 Å². The number of aryl methyl sites for hydroxylation is 2. The Balaban J connectivity index is 1.51. The van der Waals surface area contributed by atoms with Gasteiger partial charge in [0.2, 0.25) is 0 Å². The van der Waals surface area contributed by atoms with Crippen molar-refractivity contribution in [3.63, 3.8) is 0 Å². The summed E-state index contributed by atoms with van der Waals surface area (Å²) in [4.78, 5) is 20.7. The van der Waals surface area contributed by atoms with Crippen LogP contribution in [0.1, 0.15) is 21.7 Å². The van der Waals surface area contributed by atoms with Gasteiger partial charge in [0.25, 0.3) is 5.91 Å². The lowest BCUT2D eigenvalue weighted by molar-refractivity contribution is 0.102. The average molecular weight is 371 g/mol. The van der Waals surface area contributed by atoms with E-state index in [9.17, 15) is 4.79 Å². The van der Waals surface area contributed by atoms with Gasteiger partial charge in [0.05, 0.1) is 23.7 Å². The molecule has 4 aromatic rings. The summed E-state index contributed by atoms with van der Waals surface area (Å²) in [5.41, 5.74) is 4.38. The number of H-pyrrole nitrogens is 1. The first kappa shape index (κ1) is 17.8. The molecule has 0 radical (unpaired) electrons. The highest BCUT2D eigenvalue weighted by molar-refractivity contribution is 6.06. The van der Waals surface area contributed by atoms with Crippen molar-refractivity contribution in [1.82, 2.24) is 9.97 Å². The van der Waals surface area contributed by atoms with E-state index >= 15 is 0 Å². The van der Waals surface area contributed by atoms with Gasteiger partial charge in [0.1, 0.15) is 11.6 Å². The number of ether oxygens (including phenoxy) is 1. The highest BCUT2D eigenvalue weighted by Crippen LogP contribution is 2.22. The number of fused-ring (bicyclic) bond motifs is 1. The van der Waals surface area contributed by atoms with Crippen LogP contribution >= 0.6 is 0 Å². The molecule has 0 aliphatic heterocycles. The monoisotopic (exact) mass is 371 g/mol. The third-order valence-corrected chi connectivity index (χ3v) is 4.69. The van der Waals surface area contributed by atoms with Crippen LogP contribution < -0.4 is 10.1 Å². The Morgan fingerprint density at radius 2 is 1.71 bits per heavy atom. The van der Waals surface area contributed by atoms with Gasteiger partial charge in [-0.05, 0) is 42.3 Å². The smallest absolute Gasteiger partial charge is 0.259 e. The predicted octanol–water partition coefficient (Wildman–Crippen LogP) is 4.61. The second-order valence-corrected chi connectivity index (χ2v) is 6.51. The van der Waals surface area contributed by atoms with Gasteiger partial charge in [0, 0.05) is 12.1 Å². The molecule has 0 spiro atoms. The Hall–Kier alpha value is -3.60. The number of benzene rings is 3. The molecule has 0 atom stereocenters. The molecule has 0 aliphatic carbocycles. The lowest BCUT2D eigenvalue weighted by Crippen LogP contribution is -2.14. The SMILES string of the molecule is COc1ccccc1C(=O)Nc1ccccc1CCc1nc2ccccc2[nH]1. The molecule has 0 saturated heterocycles. The van der Waals surface area contributed by atoms with Crippen molar-refractivity contribution < 1.29 is 9.53 Å². The standard InChI is InChI=1S/C23H21N3O2/c1-28-21-13-7-3-9-17(21)23(27)26-18-10-4-2-8-16(18)14-15-22-24-19-11-5-6-12-20(19)25-22/h2-13H,14-15H2,1H3,(H,24,25)(H,26,27). The fourth-order valence-corrected chi connectivity index (χ4v) is 3.26. The van der Waals surface area contributed by atoms with Crippen LogP contribution in [-0.4, -0.2) is 23.0 Å². The molecule has 5 heteroatoms. The first-order valence-electron chi connectivity index (χ1n) is 9.20. The van der Waals surface area contributed by atoms with Crippen LogP contribution in [0.2, 0.25) is 0 Å². The van der Waals surface area contributed by atoms with Gasteiger partial charge in [-0.15, -0.1) is 0 Å². The van der Waals surface area contributed by atoms with Crippen LogP contribution in [0.5, 0.6) is 5.75 Å². The first-order valence-corrected chi connectivity index (χ1v) is 9.20. The van der Waals surface area contributed by atoms with E-state index in [1.54, 1.807) is 19.2 Å². The zero-order chi connectivity index (χ0) is 19.3. The number of carbonyl (C=O) groups is 1. The molecule has 4 rings (SSSR count). The molecule has 0 fully saturated rings. The first-order chi connectivity index (χ1) is 13.7. The summed E-state index contributed by atoms with van der Waals surface area (Å²) in [6, 6.07) is 23.0. The van der Waals surface area contributed by atoms with E-state index in [0.29, 0.717) is 11.3 Å².